The highest BCUT2D eigenvalue weighted by molar-refractivity contribution is 5.84. The molecule has 0 fully saturated rings. The molecule has 1 nitrogen and oxygen atoms in total. The van der Waals surface area contributed by atoms with E-state index in [1.165, 1.54) is 11.6 Å². The summed E-state index contributed by atoms with van der Waals surface area (Å²) in [5, 5.41) is 1.01. The Balaban J connectivity index is 2.80. The molecule has 0 saturated heterocycles. The van der Waals surface area contributed by atoms with Crippen LogP contribution in [0.25, 0.3) is 10.9 Å². The van der Waals surface area contributed by atoms with Gasteiger partial charge in [-0.3, -0.25) is 0 Å². The van der Waals surface area contributed by atoms with Crippen molar-refractivity contribution >= 4 is 10.9 Å². The van der Waals surface area contributed by atoms with Crippen LogP contribution in [0.4, 0.5) is 4.39 Å². The molecule has 0 atom stereocenters. The maximum atomic E-state index is 12.9. The standard InChI is InChI=1S/C11H12FN/c1-3-9-7(2)13-11-5-4-8(12)6-10(9)11/h4-6,13H,3H2,1-2H3. The highest BCUT2D eigenvalue weighted by Crippen LogP contribution is 2.23. The summed E-state index contributed by atoms with van der Waals surface area (Å²) in [5.74, 6) is -0.166. The van der Waals surface area contributed by atoms with Crippen LogP contribution in [-0.2, 0) is 6.42 Å². The zero-order chi connectivity index (χ0) is 9.42. The van der Waals surface area contributed by atoms with Gasteiger partial charge in [-0.25, -0.2) is 4.39 Å². The minimum Gasteiger partial charge on any atom is -0.358 e. The monoisotopic (exact) mass is 177 g/mol. The maximum absolute atomic E-state index is 12.9. The molecule has 68 valence electrons. The molecule has 0 saturated carbocycles. The molecule has 0 spiro atoms. The Hall–Kier alpha value is -1.31. The third-order valence-corrected chi connectivity index (χ3v) is 2.44. The van der Waals surface area contributed by atoms with E-state index < -0.39 is 0 Å². The third kappa shape index (κ3) is 1.22. The normalized spacial score (nSPS) is 11.0. The number of aromatic nitrogens is 1. The first-order chi connectivity index (χ1) is 6.22. The van der Waals surface area contributed by atoms with Gasteiger partial charge in [0, 0.05) is 16.6 Å². The van der Waals surface area contributed by atoms with Crippen LogP contribution in [0.1, 0.15) is 18.2 Å². The van der Waals surface area contributed by atoms with Crippen molar-refractivity contribution in [2.24, 2.45) is 0 Å². The molecule has 0 unspecified atom stereocenters. The van der Waals surface area contributed by atoms with Gasteiger partial charge in [-0.2, -0.15) is 0 Å². The number of aromatic amines is 1. The first kappa shape index (κ1) is 8.30. The van der Waals surface area contributed by atoms with E-state index in [4.69, 9.17) is 0 Å². The van der Waals surface area contributed by atoms with Gasteiger partial charge in [0.25, 0.3) is 0 Å². The van der Waals surface area contributed by atoms with E-state index in [1.54, 1.807) is 12.1 Å². The van der Waals surface area contributed by atoms with E-state index in [0.717, 1.165) is 23.0 Å². The summed E-state index contributed by atoms with van der Waals surface area (Å²) in [4.78, 5) is 3.24. The molecule has 2 heteroatoms. The minimum absolute atomic E-state index is 0.166. The molecule has 0 aliphatic carbocycles. The predicted octanol–water partition coefficient (Wildman–Crippen LogP) is 3.18. The van der Waals surface area contributed by atoms with E-state index in [1.807, 2.05) is 6.92 Å². The molecule has 0 bridgehead atoms. The Morgan fingerprint density at radius 1 is 1.38 bits per heavy atom. The first-order valence-electron chi connectivity index (χ1n) is 4.49. The third-order valence-electron chi connectivity index (χ3n) is 2.44. The second-order valence-corrected chi connectivity index (χ2v) is 3.27. The van der Waals surface area contributed by atoms with Crippen molar-refractivity contribution < 1.29 is 4.39 Å². The molecule has 0 aliphatic heterocycles. The minimum atomic E-state index is -0.166. The van der Waals surface area contributed by atoms with Crippen LogP contribution >= 0.6 is 0 Å². The molecule has 1 heterocycles. The number of benzene rings is 1. The number of hydrogen-bond acceptors (Lipinski definition) is 0. The summed E-state index contributed by atoms with van der Waals surface area (Å²) in [6.07, 6.45) is 0.940. The van der Waals surface area contributed by atoms with Crippen molar-refractivity contribution in [3.63, 3.8) is 0 Å². The van der Waals surface area contributed by atoms with Crippen LogP contribution in [0.3, 0.4) is 0 Å². The van der Waals surface area contributed by atoms with E-state index in [9.17, 15) is 4.39 Å². The highest BCUT2D eigenvalue weighted by atomic mass is 19.1. The lowest BCUT2D eigenvalue weighted by Crippen LogP contribution is -1.80. The molecule has 2 rings (SSSR count). The predicted molar refractivity (Wildman–Crippen MR) is 52.4 cm³/mol. The molecule has 1 aromatic carbocycles. The lowest BCUT2D eigenvalue weighted by atomic mass is 10.1. The Morgan fingerprint density at radius 3 is 2.85 bits per heavy atom. The molecule has 0 aliphatic rings. The molecular formula is C11H12FN. The zero-order valence-electron chi connectivity index (χ0n) is 7.82. The van der Waals surface area contributed by atoms with Crippen LogP contribution in [0, 0.1) is 12.7 Å². The van der Waals surface area contributed by atoms with Gasteiger partial charge in [0.1, 0.15) is 5.82 Å². The number of halogens is 1. The van der Waals surface area contributed by atoms with Crippen molar-refractivity contribution in [3.8, 4) is 0 Å². The second-order valence-electron chi connectivity index (χ2n) is 3.27. The summed E-state index contributed by atoms with van der Waals surface area (Å²) in [6, 6.07) is 4.87. The first-order valence-corrected chi connectivity index (χ1v) is 4.49. The topological polar surface area (TPSA) is 15.8 Å². The van der Waals surface area contributed by atoms with Crippen molar-refractivity contribution in [2.45, 2.75) is 20.3 Å². The van der Waals surface area contributed by atoms with Crippen LogP contribution in [-0.4, -0.2) is 4.98 Å². The summed E-state index contributed by atoms with van der Waals surface area (Å²) in [7, 11) is 0. The summed E-state index contributed by atoms with van der Waals surface area (Å²) < 4.78 is 12.9. The number of rotatable bonds is 1. The fourth-order valence-electron chi connectivity index (χ4n) is 1.81. The van der Waals surface area contributed by atoms with E-state index in [2.05, 4.69) is 11.9 Å². The van der Waals surface area contributed by atoms with Crippen LogP contribution in [0.5, 0.6) is 0 Å². The van der Waals surface area contributed by atoms with Gasteiger partial charge < -0.3 is 4.98 Å². The van der Waals surface area contributed by atoms with E-state index >= 15 is 0 Å². The molecule has 1 aromatic heterocycles. The molecule has 0 amide bonds. The number of aryl methyl sites for hydroxylation is 2. The summed E-state index contributed by atoms with van der Waals surface area (Å²) in [6.45, 7) is 4.11. The van der Waals surface area contributed by atoms with Gasteiger partial charge >= 0.3 is 0 Å². The van der Waals surface area contributed by atoms with Crippen molar-refractivity contribution in [1.29, 1.82) is 0 Å². The van der Waals surface area contributed by atoms with Crippen molar-refractivity contribution in [2.75, 3.05) is 0 Å². The molecule has 2 aromatic rings. The number of H-pyrrole nitrogens is 1. The maximum Gasteiger partial charge on any atom is 0.123 e. The van der Waals surface area contributed by atoms with Crippen LogP contribution < -0.4 is 0 Å². The number of fused-ring (bicyclic) bond motifs is 1. The fraction of sp³-hybridized carbons (Fsp3) is 0.273. The summed E-state index contributed by atoms with van der Waals surface area (Å²) in [5.41, 5.74) is 3.38. The van der Waals surface area contributed by atoms with E-state index in [0.29, 0.717) is 0 Å². The van der Waals surface area contributed by atoms with Gasteiger partial charge in [0.2, 0.25) is 0 Å². The zero-order valence-corrected chi connectivity index (χ0v) is 7.82. The highest BCUT2D eigenvalue weighted by Gasteiger charge is 2.06. The van der Waals surface area contributed by atoms with Crippen molar-refractivity contribution in [1.82, 2.24) is 4.98 Å². The Bertz CT molecular complexity index is 443. The van der Waals surface area contributed by atoms with E-state index in [-0.39, 0.29) is 5.82 Å². The lowest BCUT2D eigenvalue weighted by Gasteiger charge is -1.94. The number of nitrogens with one attached hydrogen (secondary N) is 1. The van der Waals surface area contributed by atoms with Gasteiger partial charge in [0.05, 0.1) is 0 Å². The Morgan fingerprint density at radius 2 is 2.15 bits per heavy atom. The Kier molecular flexibility index (Phi) is 1.83. The lowest BCUT2D eigenvalue weighted by molar-refractivity contribution is 0.629. The molecule has 0 radical (unpaired) electrons. The van der Waals surface area contributed by atoms with Gasteiger partial charge in [-0.1, -0.05) is 6.92 Å². The SMILES string of the molecule is CCc1c(C)[nH]c2ccc(F)cc12. The van der Waals surface area contributed by atoms with Crippen molar-refractivity contribution in [3.05, 3.63) is 35.3 Å². The number of hydrogen-bond donors (Lipinski definition) is 1. The second kappa shape index (κ2) is 2.87. The van der Waals surface area contributed by atoms with Gasteiger partial charge in [0.15, 0.2) is 0 Å². The summed E-state index contributed by atoms with van der Waals surface area (Å²) >= 11 is 0. The largest absolute Gasteiger partial charge is 0.358 e. The molecule has 1 N–H and O–H groups in total. The Labute approximate surface area is 76.6 Å². The van der Waals surface area contributed by atoms with Crippen LogP contribution in [0.15, 0.2) is 18.2 Å². The fourth-order valence-corrected chi connectivity index (χ4v) is 1.81. The average molecular weight is 177 g/mol. The van der Waals surface area contributed by atoms with Crippen LogP contribution in [0.2, 0.25) is 0 Å². The van der Waals surface area contributed by atoms with Gasteiger partial charge in [-0.05, 0) is 37.1 Å². The van der Waals surface area contributed by atoms with Gasteiger partial charge in [-0.15, -0.1) is 0 Å². The smallest absolute Gasteiger partial charge is 0.123 e. The molecule has 13 heavy (non-hydrogen) atoms. The average Bonchev–Trinajstić information content (AvgIpc) is 2.40. The molecular weight excluding hydrogens is 165 g/mol. The quantitative estimate of drug-likeness (QED) is 0.688.